The summed E-state index contributed by atoms with van der Waals surface area (Å²) >= 11 is 0. The highest BCUT2D eigenvalue weighted by Crippen LogP contribution is 2.48. The highest BCUT2D eigenvalue weighted by atomic mass is 15.2. The standard InChI is InChI=1S/C80H50BN5/c1-83-65-45-53(52-82)44-64(46-65)68-26-14-16-28-73(68)86-74-29-17-15-27-69(74)70-47-60(34-41-75(70)86)63-50-78-80-79(51-63)85(67-39-32-59(33-40-67)55-20-8-3-9-21-55)77-43-36-62(57-24-12-5-13-25-57)49-72(77)81(80)71-48-61(56-22-10-4-11-23-56)35-42-76(71)84(78)66-37-30-58(31-38-66)54-18-6-2-7-19-54/h2-51H. The highest BCUT2D eigenvalue weighted by molar-refractivity contribution is 7.00. The number of para-hydroxylation sites is 2. The highest BCUT2D eigenvalue weighted by Gasteiger charge is 2.44. The summed E-state index contributed by atoms with van der Waals surface area (Å²) in [5, 5.41) is 12.3. The predicted octanol–water partition coefficient (Wildman–Crippen LogP) is 19.3. The van der Waals surface area contributed by atoms with E-state index < -0.39 is 0 Å². The summed E-state index contributed by atoms with van der Waals surface area (Å²) in [6.07, 6.45) is 0. The Bertz CT molecular complexity index is 4830. The number of benzene rings is 13. The lowest BCUT2D eigenvalue weighted by Crippen LogP contribution is -2.61. The van der Waals surface area contributed by atoms with Crippen molar-refractivity contribution in [1.29, 1.82) is 5.26 Å². The molecule has 0 fully saturated rings. The lowest BCUT2D eigenvalue weighted by Gasteiger charge is -2.44. The zero-order valence-corrected chi connectivity index (χ0v) is 46.7. The van der Waals surface area contributed by atoms with Crippen molar-refractivity contribution < 1.29 is 0 Å². The molecule has 3 heterocycles. The van der Waals surface area contributed by atoms with E-state index >= 15 is 0 Å². The fraction of sp³-hybridized carbons (Fsp3) is 0. The molecule has 0 N–H and O–H groups in total. The second kappa shape index (κ2) is 20.6. The van der Waals surface area contributed by atoms with Crippen LogP contribution in [-0.2, 0) is 0 Å². The first kappa shape index (κ1) is 50.1. The van der Waals surface area contributed by atoms with Gasteiger partial charge in [0, 0.05) is 56.0 Å². The fourth-order valence-corrected chi connectivity index (χ4v) is 13.4. The third kappa shape index (κ3) is 8.39. The molecule has 398 valence electrons. The Kier molecular flexibility index (Phi) is 12.0. The van der Waals surface area contributed by atoms with Crippen molar-refractivity contribution in [2.75, 3.05) is 9.80 Å². The van der Waals surface area contributed by atoms with Crippen LogP contribution < -0.4 is 26.2 Å². The van der Waals surface area contributed by atoms with E-state index in [1.165, 1.54) is 49.8 Å². The van der Waals surface area contributed by atoms with Gasteiger partial charge < -0.3 is 14.4 Å². The molecular weight excluding hydrogens is 1040 g/mol. The van der Waals surface area contributed by atoms with Crippen LogP contribution in [0.25, 0.3) is 99.1 Å². The Labute approximate surface area is 500 Å². The molecule has 0 unspecified atom stereocenters. The van der Waals surface area contributed by atoms with E-state index in [2.05, 4.69) is 304 Å². The second-order valence-corrected chi connectivity index (χ2v) is 22.2. The van der Waals surface area contributed by atoms with E-state index in [4.69, 9.17) is 6.57 Å². The van der Waals surface area contributed by atoms with E-state index in [-0.39, 0.29) is 6.71 Å². The molecule has 0 atom stereocenters. The van der Waals surface area contributed by atoms with Gasteiger partial charge in [0.05, 0.1) is 29.4 Å². The summed E-state index contributed by atoms with van der Waals surface area (Å²) in [7, 11) is 0. The topological polar surface area (TPSA) is 39.6 Å². The van der Waals surface area contributed by atoms with Crippen LogP contribution in [0.4, 0.5) is 39.8 Å². The average Bonchev–Trinajstić information content (AvgIpc) is 1.02. The van der Waals surface area contributed by atoms with Crippen molar-refractivity contribution in [3.63, 3.8) is 0 Å². The molecule has 5 nitrogen and oxygen atoms in total. The van der Waals surface area contributed by atoms with Gasteiger partial charge in [-0.25, -0.2) is 4.85 Å². The molecule has 0 bridgehead atoms. The first-order valence-corrected chi connectivity index (χ1v) is 29.1. The van der Waals surface area contributed by atoms with E-state index in [0.29, 0.717) is 11.3 Å². The molecule has 13 aromatic carbocycles. The van der Waals surface area contributed by atoms with Crippen LogP contribution in [-0.4, -0.2) is 11.3 Å². The number of anilines is 6. The number of hydrogen-bond acceptors (Lipinski definition) is 3. The maximum Gasteiger partial charge on any atom is 0.252 e. The molecule has 14 aromatic rings. The fourth-order valence-electron chi connectivity index (χ4n) is 13.4. The van der Waals surface area contributed by atoms with Crippen LogP contribution in [0.3, 0.4) is 0 Å². The first-order valence-electron chi connectivity index (χ1n) is 29.1. The van der Waals surface area contributed by atoms with Crippen molar-refractivity contribution in [2.45, 2.75) is 0 Å². The SMILES string of the molecule is [C-]#[N+]c1cc(C#N)cc(-c2ccccc2-n2c3ccccc3c3cc(-c4cc5c6c(c4)N(c4ccc(-c7ccccc7)cc4)c4ccc(-c7ccccc7)cc4B6c4cc(-c6ccccc6)ccc4N5c4ccc(-c5ccccc5)cc4)ccc32)c1. The monoisotopic (exact) mass is 1090 g/mol. The van der Waals surface area contributed by atoms with Gasteiger partial charge in [-0.3, -0.25) is 0 Å². The summed E-state index contributed by atoms with van der Waals surface area (Å²) in [4.78, 5) is 8.79. The molecule has 0 amide bonds. The molecule has 2 aliphatic heterocycles. The Morgan fingerprint density at radius 2 is 0.767 bits per heavy atom. The molecule has 0 saturated heterocycles. The maximum absolute atomic E-state index is 10.1. The van der Waals surface area contributed by atoms with Crippen molar-refractivity contribution in [3.8, 4) is 78.5 Å². The van der Waals surface area contributed by atoms with Gasteiger partial charge in [-0.05, 0) is 169 Å². The largest absolute Gasteiger partial charge is 0.311 e. The number of aromatic nitrogens is 1. The van der Waals surface area contributed by atoms with E-state index in [9.17, 15) is 5.26 Å². The molecule has 16 rings (SSSR count). The van der Waals surface area contributed by atoms with Gasteiger partial charge in [0.25, 0.3) is 6.71 Å². The van der Waals surface area contributed by atoms with Crippen LogP contribution in [0.1, 0.15) is 5.56 Å². The molecule has 0 saturated carbocycles. The molecule has 1 aromatic heterocycles. The van der Waals surface area contributed by atoms with Crippen LogP contribution in [0, 0.1) is 17.9 Å². The van der Waals surface area contributed by atoms with Crippen molar-refractivity contribution in [1.82, 2.24) is 4.57 Å². The molecule has 2 aliphatic rings. The van der Waals surface area contributed by atoms with Gasteiger partial charge >= 0.3 is 0 Å². The third-order valence-electron chi connectivity index (χ3n) is 17.4. The van der Waals surface area contributed by atoms with Gasteiger partial charge in [-0.1, -0.05) is 212 Å². The maximum atomic E-state index is 10.1. The summed E-state index contributed by atoms with van der Waals surface area (Å²) in [6, 6.07) is 112. The summed E-state index contributed by atoms with van der Waals surface area (Å²) in [6.45, 7) is 7.75. The van der Waals surface area contributed by atoms with Crippen LogP contribution in [0.15, 0.2) is 303 Å². The third-order valence-corrected chi connectivity index (χ3v) is 17.4. The molecule has 6 heteroatoms. The van der Waals surface area contributed by atoms with Gasteiger partial charge in [0.1, 0.15) is 0 Å². The summed E-state index contributed by atoms with van der Waals surface area (Å²) in [5.41, 5.74) is 27.6. The average molecular weight is 1090 g/mol. The smallest absolute Gasteiger partial charge is 0.252 e. The van der Waals surface area contributed by atoms with E-state index in [1.54, 1.807) is 6.07 Å². The number of fused-ring (bicyclic) bond motifs is 7. The van der Waals surface area contributed by atoms with E-state index in [1.807, 2.05) is 18.2 Å². The van der Waals surface area contributed by atoms with Gasteiger partial charge in [-0.15, -0.1) is 0 Å². The Balaban J connectivity index is 0.964. The first-order chi connectivity index (χ1) is 42.5. The van der Waals surface area contributed by atoms with Crippen LogP contribution >= 0.6 is 0 Å². The zero-order chi connectivity index (χ0) is 57.2. The predicted molar refractivity (Wildman–Crippen MR) is 358 cm³/mol. The number of nitriles is 1. The van der Waals surface area contributed by atoms with Crippen molar-refractivity contribution in [2.24, 2.45) is 0 Å². The normalized spacial score (nSPS) is 12.1. The van der Waals surface area contributed by atoms with Crippen molar-refractivity contribution >= 4 is 84.7 Å². The minimum atomic E-state index is -0.147. The van der Waals surface area contributed by atoms with Gasteiger partial charge in [0.15, 0.2) is 5.69 Å². The molecule has 86 heavy (non-hydrogen) atoms. The van der Waals surface area contributed by atoms with Crippen LogP contribution in [0.5, 0.6) is 0 Å². The minimum Gasteiger partial charge on any atom is -0.311 e. The lowest BCUT2D eigenvalue weighted by atomic mass is 9.33. The van der Waals surface area contributed by atoms with Gasteiger partial charge in [0.2, 0.25) is 0 Å². The lowest BCUT2D eigenvalue weighted by molar-refractivity contribution is 1.18. The molecule has 0 aliphatic carbocycles. The molecule has 0 radical (unpaired) electrons. The second-order valence-electron chi connectivity index (χ2n) is 22.2. The number of rotatable bonds is 9. The summed E-state index contributed by atoms with van der Waals surface area (Å²) in [5.74, 6) is 0. The van der Waals surface area contributed by atoms with Gasteiger partial charge in [-0.2, -0.15) is 5.26 Å². The molecule has 0 spiro atoms. The Hall–Kier alpha value is -11.7. The molecular formula is C80H50BN5. The van der Waals surface area contributed by atoms with Crippen molar-refractivity contribution in [3.05, 3.63) is 320 Å². The Morgan fingerprint density at radius 1 is 0.326 bits per heavy atom. The number of nitrogens with zero attached hydrogens (tertiary/aromatic N) is 5. The minimum absolute atomic E-state index is 0.147. The van der Waals surface area contributed by atoms with Crippen LogP contribution in [0.2, 0.25) is 0 Å². The Morgan fingerprint density at radius 3 is 1.30 bits per heavy atom. The summed E-state index contributed by atoms with van der Waals surface area (Å²) < 4.78 is 2.34. The van der Waals surface area contributed by atoms with E-state index in [0.717, 1.165) is 95.0 Å². The zero-order valence-electron chi connectivity index (χ0n) is 46.7. The quantitative estimate of drug-likeness (QED) is 0.107. The number of hydrogen-bond donors (Lipinski definition) is 0.